The van der Waals surface area contributed by atoms with Gasteiger partial charge in [-0.15, -0.1) is 0 Å². The summed E-state index contributed by atoms with van der Waals surface area (Å²) in [7, 11) is -0.740. The molecule has 0 aromatic carbocycles. The number of carbonyl (C=O) groups excluding carboxylic acids is 2. The third kappa shape index (κ3) is 11.8. The van der Waals surface area contributed by atoms with Crippen LogP contribution in [0.1, 0.15) is 53.9 Å². The van der Waals surface area contributed by atoms with E-state index in [9.17, 15) is 14.2 Å². The number of unbranched alkanes of at least 4 members (excludes halogenated alkanes) is 1. The highest BCUT2D eigenvalue weighted by Crippen LogP contribution is 2.53. The van der Waals surface area contributed by atoms with Crippen molar-refractivity contribution >= 4 is 42.1 Å². The largest absolute Gasteiger partial charge is 0.466 e. The predicted octanol–water partition coefficient (Wildman–Crippen LogP) is 5.42. The van der Waals surface area contributed by atoms with Crippen molar-refractivity contribution in [3.05, 3.63) is 21.8 Å². The first-order valence-corrected chi connectivity index (χ1v) is 14.2. The summed E-state index contributed by atoms with van der Waals surface area (Å²) in [5, 5.41) is 0. The minimum absolute atomic E-state index is 0.0386. The number of allylic oxidation sites excluding steroid dienone is 1. The van der Waals surface area contributed by atoms with Crippen molar-refractivity contribution < 1.29 is 42.1 Å². The number of ether oxygens (including phenoxy) is 4. The first-order chi connectivity index (χ1) is 16.1. The summed E-state index contributed by atoms with van der Waals surface area (Å²) in [5.41, 5.74) is -0.610. The van der Waals surface area contributed by atoms with Gasteiger partial charge in [0.2, 0.25) is 0 Å². The van der Waals surface area contributed by atoms with Crippen LogP contribution in [0.15, 0.2) is 21.8 Å². The topological polar surface area (TPSA) is 107 Å². The van der Waals surface area contributed by atoms with E-state index < -0.39 is 37.4 Å². The molecule has 0 aliphatic heterocycles. The van der Waals surface area contributed by atoms with Gasteiger partial charge in [0.15, 0.2) is 5.66 Å². The lowest BCUT2D eigenvalue weighted by atomic mass is 9.95. The number of hydrogen-bond acceptors (Lipinski definition) is 9. The molecule has 1 unspecified atom stereocenters. The zero-order chi connectivity index (χ0) is 26.1. The molecule has 0 amide bonds. The third-order valence-corrected chi connectivity index (χ3v) is 7.69. The molecule has 11 heteroatoms. The average molecular weight is 618 g/mol. The maximum atomic E-state index is 12.8. The SMILES string of the molecule is CCOP(=O)(OCC)C(C)C(=O)O[C@H](C)CCC/C=C(\C(=O)OC)[C@H](OCOC)[C@@H](C)/C=C/I. The number of methoxy groups -OCH3 is 2. The van der Waals surface area contributed by atoms with Gasteiger partial charge in [-0.25, -0.2) is 4.79 Å². The van der Waals surface area contributed by atoms with Gasteiger partial charge in [-0.2, -0.15) is 0 Å². The van der Waals surface area contributed by atoms with Gasteiger partial charge >= 0.3 is 19.5 Å². The highest BCUT2D eigenvalue weighted by Gasteiger charge is 2.39. The van der Waals surface area contributed by atoms with Gasteiger partial charge in [-0.3, -0.25) is 9.36 Å². The van der Waals surface area contributed by atoms with Crippen LogP contribution in [0, 0.1) is 5.92 Å². The smallest absolute Gasteiger partial charge is 0.344 e. The van der Waals surface area contributed by atoms with Crippen LogP contribution < -0.4 is 0 Å². The van der Waals surface area contributed by atoms with Crippen LogP contribution in [-0.2, 0) is 42.1 Å². The third-order valence-electron chi connectivity index (χ3n) is 4.88. The Hall–Kier alpha value is -0.780. The van der Waals surface area contributed by atoms with Crippen LogP contribution in [0.5, 0.6) is 0 Å². The van der Waals surface area contributed by atoms with E-state index in [1.165, 1.54) is 21.1 Å². The lowest BCUT2D eigenvalue weighted by Crippen LogP contribution is -2.29. The molecule has 0 radical (unpaired) electrons. The fraction of sp³-hybridized carbons (Fsp3) is 0.739. The number of hydrogen-bond donors (Lipinski definition) is 0. The van der Waals surface area contributed by atoms with Gasteiger partial charge in [0, 0.05) is 13.0 Å². The molecule has 0 fully saturated rings. The molecule has 0 aliphatic rings. The monoisotopic (exact) mass is 618 g/mol. The molecule has 0 aromatic heterocycles. The summed E-state index contributed by atoms with van der Waals surface area (Å²) < 4.78 is 46.3. The predicted molar refractivity (Wildman–Crippen MR) is 139 cm³/mol. The molecule has 9 nitrogen and oxygen atoms in total. The molecule has 34 heavy (non-hydrogen) atoms. The summed E-state index contributed by atoms with van der Waals surface area (Å²) in [4.78, 5) is 24.9. The molecular weight excluding hydrogens is 578 g/mol. The van der Waals surface area contributed by atoms with Crippen molar-refractivity contribution in [2.45, 2.75) is 71.7 Å². The second-order valence-electron chi connectivity index (χ2n) is 7.55. The summed E-state index contributed by atoms with van der Waals surface area (Å²) in [6.07, 6.45) is 4.52. The van der Waals surface area contributed by atoms with Gasteiger partial charge in [0.25, 0.3) is 0 Å². The van der Waals surface area contributed by atoms with Crippen molar-refractivity contribution in [1.29, 1.82) is 0 Å². The second kappa shape index (κ2) is 18.5. The zero-order valence-corrected chi connectivity index (χ0v) is 24.3. The number of halogens is 1. The molecule has 4 atom stereocenters. The molecule has 0 rings (SSSR count). The van der Waals surface area contributed by atoms with Gasteiger partial charge < -0.3 is 28.0 Å². The van der Waals surface area contributed by atoms with Crippen LogP contribution in [-0.4, -0.2) is 64.0 Å². The number of esters is 2. The van der Waals surface area contributed by atoms with E-state index in [1.807, 2.05) is 17.1 Å². The van der Waals surface area contributed by atoms with Gasteiger partial charge in [0.1, 0.15) is 6.79 Å². The van der Waals surface area contributed by atoms with E-state index in [0.29, 0.717) is 24.8 Å². The fourth-order valence-electron chi connectivity index (χ4n) is 3.08. The molecule has 0 saturated carbocycles. The van der Waals surface area contributed by atoms with Crippen LogP contribution >= 0.6 is 30.2 Å². The van der Waals surface area contributed by atoms with Crippen molar-refractivity contribution in [2.24, 2.45) is 5.92 Å². The first kappa shape index (κ1) is 33.2. The fourth-order valence-corrected chi connectivity index (χ4v) is 5.30. The highest BCUT2D eigenvalue weighted by atomic mass is 127. The van der Waals surface area contributed by atoms with Crippen molar-refractivity contribution in [3.63, 3.8) is 0 Å². The minimum Gasteiger partial charge on any atom is -0.466 e. The Morgan fingerprint density at radius 1 is 1.06 bits per heavy atom. The Morgan fingerprint density at radius 2 is 1.68 bits per heavy atom. The maximum absolute atomic E-state index is 12.8. The Labute approximate surface area is 217 Å². The molecule has 0 heterocycles. The van der Waals surface area contributed by atoms with Crippen molar-refractivity contribution in [2.75, 3.05) is 34.2 Å². The van der Waals surface area contributed by atoms with E-state index in [-0.39, 0.29) is 25.9 Å². The lowest BCUT2D eigenvalue weighted by molar-refractivity contribution is -0.148. The molecule has 198 valence electrons. The molecular formula is C23H40IO9P. The van der Waals surface area contributed by atoms with Crippen LogP contribution in [0.4, 0.5) is 0 Å². The van der Waals surface area contributed by atoms with E-state index in [2.05, 4.69) is 22.6 Å². The zero-order valence-electron chi connectivity index (χ0n) is 21.3. The second-order valence-corrected chi connectivity index (χ2v) is 10.6. The Bertz CT molecular complexity index is 701. The maximum Gasteiger partial charge on any atom is 0.344 e. The van der Waals surface area contributed by atoms with Crippen molar-refractivity contribution in [1.82, 2.24) is 0 Å². The average Bonchev–Trinajstić information content (AvgIpc) is 2.79. The standard InChI is InChI=1S/C23H40IO9P/c1-8-31-34(27,32-9-2)19(5)22(25)33-18(4)12-10-11-13-20(23(26)29-7)21(30-16-28-6)17(3)14-15-24/h13-15,17-19,21H,8-12,16H2,1-7H3/b15-14+,20-13-/t17-,18+,19?,21+/m0/s1. The molecule has 0 aliphatic carbocycles. The van der Waals surface area contributed by atoms with Gasteiger partial charge in [-0.05, 0) is 51.0 Å². The molecule has 0 N–H and O–H groups in total. The highest BCUT2D eigenvalue weighted by molar-refractivity contribution is 14.1. The molecule has 0 saturated heterocycles. The molecule has 0 spiro atoms. The first-order valence-electron chi connectivity index (χ1n) is 11.4. The lowest BCUT2D eigenvalue weighted by Gasteiger charge is -2.24. The number of carbonyl (C=O) groups is 2. The summed E-state index contributed by atoms with van der Waals surface area (Å²) >= 11 is 2.12. The summed E-state index contributed by atoms with van der Waals surface area (Å²) in [5.74, 6) is -1.17. The minimum atomic E-state index is -3.58. The van der Waals surface area contributed by atoms with E-state index >= 15 is 0 Å². The normalized spacial score (nSPS) is 16.2. The van der Waals surface area contributed by atoms with Gasteiger partial charge in [-0.1, -0.05) is 41.7 Å². The van der Waals surface area contributed by atoms with Crippen LogP contribution in [0.2, 0.25) is 0 Å². The molecule has 0 bridgehead atoms. The van der Waals surface area contributed by atoms with E-state index in [4.69, 9.17) is 28.0 Å². The van der Waals surface area contributed by atoms with E-state index in [1.54, 1.807) is 26.8 Å². The van der Waals surface area contributed by atoms with Crippen LogP contribution in [0.25, 0.3) is 0 Å². The van der Waals surface area contributed by atoms with Crippen LogP contribution in [0.3, 0.4) is 0 Å². The Kier molecular flexibility index (Phi) is 18.1. The summed E-state index contributed by atoms with van der Waals surface area (Å²) in [6.45, 7) is 8.94. The Morgan fingerprint density at radius 3 is 2.18 bits per heavy atom. The quantitative estimate of drug-likeness (QED) is 0.0498. The van der Waals surface area contributed by atoms with Crippen molar-refractivity contribution in [3.8, 4) is 0 Å². The summed E-state index contributed by atoms with van der Waals surface area (Å²) in [6, 6.07) is 0. The van der Waals surface area contributed by atoms with Gasteiger partial charge in [0.05, 0.1) is 38.1 Å². The molecule has 0 aromatic rings. The Balaban J connectivity index is 5.12. The number of rotatable bonds is 18. The van der Waals surface area contributed by atoms with E-state index in [0.717, 1.165) is 0 Å².